The summed E-state index contributed by atoms with van der Waals surface area (Å²) in [5.74, 6) is -2.81. The van der Waals surface area contributed by atoms with Crippen molar-refractivity contribution in [2.45, 2.75) is 18.0 Å². The van der Waals surface area contributed by atoms with Crippen molar-refractivity contribution in [2.75, 3.05) is 18.6 Å². The molecule has 0 aliphatic carbocycles. The van der Waals surface area contributed by atoms with Crippen molar-refractivity contribution in [3.63, 3.8) is 0 Å². The molecule has 4 heterocycles. The maximum absolute atomic E-state index is 13.1. The molecule has 2 aliphatic heterocycles. The van der Waals surface area contributed by atoms with Crippen molar-refractivity contribution in [1.82, 2.24) is 15.2 Å². The number of hydrogen-bond acceptors (Lipinski definition) is 10. The number of carbonyl (C=O) groups is 4. The van der Waals surface area contributed by atoms with E-state index < -0.39 is 35.1 Å². The number of fused-ring (bicyclic) bond motifs is 2. The number of nitrogens with two attached hydrogens (primary N) is 2. The van der Waals surface area contributed by atoms with E-state index in [1.54, 1.807) is 41.1 Å². The summed E-state index contributed by atoms with van der Waals surface area (Å²) < 4.78 is 1.80. The van der Waals surface area contributed by atoms with Crippen LogP contribution in [0, 0.1) is 0 Å². The summed E-state index contributed by atoms with van der Waals surface area (Å²) in [6.45, 7) is 0.164. The fraction of sp³-hybridized carbons (Fsp3) is 0.208. The average molecular weight is 569 g/mol. The number of thiazole rings is 1. The highest BCUT2D eigenvalue weighted by Gasteiger charge is 2.55. The number of aliphatic carboxylic acids is 1. The molecular weight excluding hydrogens is 546 g/mol. The number of rotatable bonds is 8. The lowest BCUT2D eigenvalue weighted by molar-refractivity contribution is -0.663. The van der Waals surface area contributed by atoms with Crippen LogP contribution in [0.3, 0.4) is 0 Å². The first-order chi connectivity index (χ1) is 18.7. The Balaban J connectivity index is 1.41. The summed E-state index contributed by atoms with van der Waals surface area (Å²) in [5.41, 5.74) is 12.6. The number of thioether (sulfide) groups is 1. The van der Waals surface area contributed by atoms with E-state index in [2.05, 4.69) is 15.5 Å². The van der Waals surface area contributed by atoms with Gasteiger partial charge in [0.1, 0.15) is 29.9 Å². The first kappa shape index (κ1) is 26.1. The molecule has 2 aliphatic rings. The molecule has 2 atom stereocenters. The largest absolute Gasteiger partial charge is 0.477 e. The lowest BCUT2D eigenvalue weighted by atomic mass is 10.0. The minimum absolute atomic E-state index is 0.136. The molecule has 39 heavy (non-hydrogen) atoms. The molecule has 200 valence electrons. The van der Waals surface area contributed by atoms with Gasteiger partial charge in [-0.05, 0) is 6.07 Å². The Morgan fingerprint density at radius 3 is 2.74 bits per heavy atom. The van der Waals surface area contributed by atoms with Crippen LogP contribution in [0.5, 0.6) is 0 Å². The quantitative estimate of drug-likeness (QED) is 0.126. The molecule has 15 heteroatoms. The van der Waals surface area contributed by atoms with Crippen LogP contribution in [0.25, 0.3) is 10.9 Å². The van der Waals surface area contributed by atoms with Crippen LogP contribution in [0.4, 0.5) is 5.13 Å². The molecule has 0 spiro atoms. The summed E-state index contributed by atoms with van der Waals surface area (Å²) in [6, 6.07) is 7.75. The normalized spacial score (nSPS) is 18.9. The number of oxime groups is 1. The Hall–Kier alpha value is -4.50. The second kappa shape index (κ2) is 10.3. The van der Waals surface area contributed by atoms with Gasteiger partial charge in [-0.3, -0.25) is 19.3 Å². The Morgan fingerprint density at radius 2 is 2.08 bits per heavy atom. The van der Waals surface area contributed by atoms with Crippen LogP contribution >= 0.6 is 23.1 Å². The van der Waals surface area contributed by atoms with Gasteiger partial charge in [0.25, 0.3) is 11.8 Å². The smallest absolute Gasteiger partial charge is 0.352 e. The van der Waals surface area contributed by atoms with E-state index in [1.807, 2.05) is 0 Å². The van der Waals surface area contributed by atoms with Crippen LogP contribution in [-0.2, 0) is 25.8 Å². The van der Waals surface area contributed by atoms with E-state index in [0.717, 1.165) is 11.3 Å². The van der Waals surface area contributed by atoms with Crippen molar-refractivity contribution in [2.24, 2.45) is 10.9 Å². The average Bonchev–Trinajstić information content (AvgIpc) is 3.35. The number of nitrogens with one attached hydrogen (secondary N) is 1. The molecule has 0 radical (unpaired) electrons. The number of aromatic nitrogens is 2. The van der Waals surface area contributed by atoms with Gasteiger partial charge in [-0.2, -0.15) is 4.57 Å². The van der Waals surface area contributed by atoms with Crippen molar-refractivity contribution in [3.05, 3.63) is 64.4 Å². The molecule has 1 saturated heterocycles. The fourth-order valence-corrected chi connectivity index (χ4v) is 6.43. The molecule has 5 rings (SSSR count). The number of primary amides is 1. The molecule has 2 aromatic heterocycles. The number of carboxylic acid groups (broad SMARTS) is 1. The van der Waals surface area contributed by atoms with Crippen LogP contribution in [0.1, 0.15) is 16.1 Å². The highest BCUT2D eigenvalue weighted by molar-refractivity contribution is 8.00. The summed E-state index contributed by atoms with van der Waals surface area (Å²) in [5, 5.41) is 18.2. The lowest BCUT2D eigenvalue weighted by Crippen LogP contribution is -2.71. The van der Waals surface area contributed by atoms with Gasteiger partial charge < -0.3 is 26.7 Å². The SMILES string of the molecule is CON=C(C(=O)NC1C(=O)N2C(C(=O)O)=C(C[n+]3ccc(C(N)=O)c4ccccc43)CS[C@@H]12)c1csc(N)n1. The number of carbonyl (C=O) groups excluding carboxylic acids is 3. The Bertz CT molecular complexity index is 1600. The van der Waals surface area contributed by atoms with Gasteiger partial charge in [-0.15, -0.1) is 23.1 Å². The monoisotopic (exact) mass is 568 g/mol. The number of carboxylic acids is 1. The number of nitrogen functional groups attached to an aromatic ring is 1. The highest BCUT2D eigenvalue weighted by atomic mass is 32.2. The molecular formula is C24H22N7O6S2+. The van der Waals surface area contributed by atoms with E-state index in [4.69, 9.17) is 16.3 Å². The maximum atomic E-state index is 13.1. The predicted octanol–water partition coefficient (Wildman–Crippen LogP) is 0.0542. The second-order valence-corrected chi connectivity index (χ2v) is 10.5. The topological polar surface area (TPSA) is 194 Å². The molecule has 1 unspecified atom stereocenters. The number of hydrogen-bond donors (Lipinski definition) is 4. The number of nitrogens with zero attached hydrogens (tertiary/aromatic N) is 4. The lowest BCUT2D eigenvalue weighted by Gasteiger charge is -2.49. The number of pyridine rings is 1. The van der Waals surface area contributed by atoms with Gasteiger partial charge in [0.05, 0.1) is 10.9 Å². The third-order valence-electron chi connectivity index (χ3n) is 6.25. The maximum Gasteiger partial charge on any atom is 0.352 e. The first-order valence-corrected chi connectivity index (χ1v) is 13.4. The zero-order valence-electron chi connectivity index (χ0n) is 20.4. The Morgan fingerprint density at radius 1 is 1.31 bits per heavy atom. The van der Waals surface area contributed by atoms with E-state index in [1.165, 1.54) is 29.2 Å². The first-order valence-electron chi connectivity index (χ1n) is 11.5. The molecule has 0 bridgehead atoms. The third-order valence-corrected chi connectivity index (χ3v) is 8.26. The second-order valence-electron chi connectivity index (χ2n) is 8.55. The molecule has 13 nitrogen and oxygen atoms in total. The molecule has 1 fully saturated rings. The Kier molecular flexibility index (Phi) is 6.93. The molecule has 1 aromatic carbocycles. The Labute approximate surface area is 229 Å². The third kappa shape index (κ3) is 4.66. The molecule has 3 amide bonds. The highest BCUT2D eigenvalue weighted by Crippen LogP contribution is 2.40. The van der Waals surface area contributed by atoms with Gasteiger partial charge in [-0.1, -0.05) is 17.3 Å². The van der Waals surface area contributed by atoms with Crippen molar-refractivity contribution < 1.29 is 33.7 Å². The van der Waals surface area contributed by atoms with Gasteiger partial charge in [0.15, 0.2) is 23.6 Å². The zero-order valence-corrected chi connectivity index (χ0v) is 22.0. The van der Waals surface area contributed by atoms with E-state index in [0.29, 0.717) is 27.8 Å². The van der Waals surface area contributed by atoms with Crippen LogP contribution in [0.15, 0.2) is 58.3 Å². The number of benzene rings is 1. The minimum atomic E-state index is -1.26. The summed E-state index contributed by atoms with van der Waals surface area (Å²) in [6.07, 6.45) is 1.66. The summed E-state index contributed by atoms with van der Waals surface area (Å²) in [7, 11) is 1.27. The fourth-order valence-electron chi connectivity index (χ4n) is 4.55. The van der Waals surface area contributed by atoms with Crippen molar-refractivity contribution in [1.29, 1.82) is 0 Å². The van der Waals surface area contributed by atoms with E-state index >= 15 is 0 Å². The summed E-state index contributed by atoms with van der Waals surface area (Å²) >= 11 is 2.45. The number of β-lactam (4-membered cyclic amide) rings is 1. The number of amides is 3. The van der Waals surface area contributed by atoms with Crippen molar-refractivity contribution in [3.8, 4) is 0 Å². The molecule has 0 saturated carbocycles. The minimum Gasteiger partial charge on any atom is -0.477 e. The van der Waals surface area contributed by atoms with Crippen molar-refractivity contribution >= 4 is 68.5 Å². The van der Waals surface area contributed by atoms with Crippen LogP contribution < -0.4 is 21.4 Å². The predicted molar refractivity (Wildman–Crippen MR) is 142 cm³/mol. The van der Waals surface area contributed by atoms with Gasteiger partial charge >= 0.3 is 5.97 Å². The number of para-hydroxylation sites is 1. The standard InChI is InChI=1S/C24H21N7O6S2/c1-37-29-16(14-10-39-24(26)27-14)20(33)28-17-21(34)31-18(23(35)36)11(9-38-22(17)31)8-30-7-6-13(19(25)32)12-4-2-3-5-15(12)30/h2-7,10,17,22H,8-9H2,1H3,(H5-,25,26,27,28,32,33,35,36)/p+1/t17?,22-/m0/s1. The van der Waals surface area contributed by atoms with Crippen LogP contribution in [0.2, 0.25) is 0 Å². The number of anilines is 1. The van der Waals surface area contributed by atoms with Gasteiger partial charge in [0, 0.05) is 28.8 Å². The molecule has 6 N–H and O–H groups in total. The summed E-state index contributed by atoms with van der Waals surface area (Å²) in [4.78, 5) is 60.3. The van der Waals surface area contributed by atoms with Gasteiger partial charge in [0.2, 0.25) is 11.4 Å². The zero-order chi connectivity index (χ0) is 27.8. The molecule has 3 aromatic rings. The van der Waals surface area contributed by atoms with E-state index in [-0.39, 0.29) is 28.8 Å². The van der Waals surface area contributed by atoms with Gasteiger partial charge in [-0.25, -0.2) is 9.78 Å². The van der Waals surface area contributed by atoms with Crippen LogP contribution in [-0.4, -0.2) is 68.7 Å². The van der Waals surface area contributed by atoms with E-state index in [9.17, 15) is 24.3 Å².